The first-order valence-electron chi connectivity index (χ1n) is 7.80. The standard InChI is InChI=1S/C17H24BrNO2/c1-12-17(7-8-21-12,11-19-14-3-4-14)10-13-9-15(20-2)5-6-16(13)18/h5-6,9,12,14,19H,3-4,7-8,10-11H2,1-2H3. The number of nitrogens with one attached hydrogen (secondary N) is 1. The van der Waals surface area contributed by atoms with E-state index in [2.05, 4.69) is 40.3 Å². The lowest BCUT2D eigenvalue weighted by Gasteiger charge is -2.33. The molecule has 2 atom stereocenters. The SMILES string of the molecule is COc1ccc(Br)c(CC2(CNC3CC3)CCOC2C)c1. The van der Waals surface area contributed by atoms with Gasteiger partial charge in [0.05, 0.1) is 13.2 Å². The second-order valence-electron chi connectivity index (χ2n) is 6.41. The van der Waals surface area contributed by atoms with E-state index in [0.717, 1.165) is 42.3 Å². The fourth-order valence-corrected chi connectivity index (χ4v) is 3.56. The van der Waals surface area contributed by atoms with Crippen molar-refractivity contribution < 1.29 is 9.47 Å². The van der Waals surface area contributed by atoms with E-state index < -0.39 is 0 Å². The molecule has 1 saturated carbocycles. The third-order valence-electron chi connectivity index (χ3n) is 4.95. The molecule has 0 bridgehead atoms. The van der Waals surface area contributed by atoms with Gasteiger partial charge in [-0.3, -0.25) is 0 Å². The molecule has 1 aliphatic carbocycles. The predicted octanol–water partition coefficient (Wildman–Crippen LogP) is 3.55. The molecule has 3 nitrogen and oxygen atoms in total. The molecule has 0 aromatic heterocycles. The van der Waals surface area contributed by atoms with Crippen LogP contribution in [-0.4, -0.2) is 32.4 Å². The van der Waals surface area contributed by atoms with Gasteiger partial charge in [0.1, 0.15) is 5.75 Å². The highest BCUT2D eigenvalue weighted by Gasteiger charge is 2.42. The Balaban J connectivity index is 1.80. The normalized spacial score (nSPS) is 28.8. The Labute approximate surface area is 135 Å². The third kappa shape index (κ3) is 3.43. The minimum Gasteiger partial charge on any atom is -0.497 e. The predicted molar refractivity (Wildman–Crippen MR) is 87.9 cm³/mol. The molecular weight excluding hydrogens is 330 g/mol. The minimum atomic E-state index is 0.192. The number of rotatable bonds is 6. The van der Waals surface area contributed by atoms with E-state index in [4.69, 9.17) is 9.47 Å². The highest BCUT2D eigenvalue weighted by molar-refractivity contribution is 9.10. The summed E-state index contributed by atoms with van der Waals surface area (Å²) in [5, 5.41) is 3.71. The van der Waals surface area contributed by atoms with Crippen LogP contribution in [0.2, 0.25) is 0 Å². The van der Waals surface area contributed by atoms with Gasteiger partial charge in [-0.25, -0.2) is 0 Å². The number of benzene rings is 1. The van der Waals surface area contributed by atoms with Gasteiger partial charge in [-0.2, -0.15) is 0 Å². The summed E-state index contributed by atoms with van der Waals surface area (Å²) in [6.45, 7) is 4.13. The summed E-state index contributed by atoms with van der Waals surface area (Å²) >= 11 is 3.69. The third-order valence-corrected chi connectivity index (χ3v) is 5.72. The zero-order valence-corrected chi connectivity index (χ0v) is 14.4. The maximum absolute atomic E-state index is 5.90. The van der Waals surface area contributed by atoms with Crippen LogP contribution in [0, 0.1) is 5.41 Å². The molecule has 0 spiro atoms. The average molecular weight is 354 g/mol. The van der Waals surface area contributed by atoms with Crippen molar-refractivity contribution >= 4 is 15.9 Å². The van der Waals surface area contributed by atoms with E-state index in [1.54, 1.807) is 7.11 Å². The van der Waals surface area contributed by atoms with Gasteiger partial charge >= 0.3 is 0 Å². The summed E-state index contributed by atoms with van der Waals surface area (Å²) in [6.07, 6.45) is 5.09. The molecule has 21 heavy (non-hydrogen) atoms. The number of methoxy groups -OCH3 is 1. The van der Waals surface area contributed by atoms with Crippen molar-refractivity contribution in [2.75, 3.05) is 20.3 Å². The van der Waals surface area contributed by atoms with Crippen molar-refractivity contribution in [1.82, 2.24) is 5.32 Å². The van der Waals surface area contributed by atoms with Crippen molar-refractivity contribution in [3.8, 4) is 5.75 Å². The molecule has 0 radical (unpaired) electrons. The van der Waals surface area contributed by atoms with E-state index >= 15 is 0 Å². The van der Waals surface area contributed by atoms with Gasteiger partial charge in [-0.15, -0.1) is 0 Å². The Bertz CT molecular complexity index is 504. The van der Waals surface area contributed by atoms with Crippen LogP contribution < -0.4 is 10.1 Å². The summed E-state index contributed by atoms with van der Waals surface area (Å²) in [5.41, 5.74) is 1.50. The van der Waals surface area contributed by atoms with Crippen LogP contribution in [0.5, 0.6) is 5.75 Å². The summed E-state index contributed by atoms with van der Waals surface area (Å²) in [6, 6.07) is 6.96. The monoisotopic (exact) mass is 353 g/mol. The molecule has 1 saturated heterocycles. The topological polar surface area (TPSA) is 30.5 Å². The van der Waals surface area contributed by atoms with Crippen molar-refractivity contribution in [2.24, 2.45) is 5.41 Å². The van der Waals surface area contributed by atoms with Crippen LogP contribution in [0.15, 0.2) is 22.7 Å². The first kappa shape index (κ1) is 15.3. The largest absolute Gasteiger partial charge is 0.497 e. The summed E-state index contributed by atoms with van der Waals surface area (Å²) in [5.74, 6) is 0.921. The van der Waals surface area contributed by atoms with E-state index in [1.807, 2.05) is 6.07 Å². The quantitative estimate of drug-likeness (QED) is 0.848. The Morgan fingerprint density at radius 2 is 2.24 bits per heavy atom. The van der Waals surface area contributed by atoms with Crippen LogP contribution in [-0.2, 0) is 11.2 Å². The Hall–Kier alpha value is -0.580. The van der Waals surface area contributed by atoms with Gasteiger partial charge < -0.3 is 14.8 Å². The highest BCUT2D eigenvalue weighted by Crippen LogP contribution is 2.40. The van der Waals surface area contributed by atoms with Crippen LogP contribution in [0.3, 0.4) is 0 Å². The molecule has 1 aromatic carbocycles. The number of ether oxygens (including phenoxy) is 2. The molecule has 2 unspecified atom stereocenters. The van der Waals surface area contributed by atoms with E-state index in [0.29, 0.717) is 6.10 Å². The molecule has 1 heterocycles. The molecule has 3 rings (SSSR count). The zero-order valence-electron chi connectivity index (χ0n) is 12.8. The molecule has 1 aliphatic heterocycles. The van der Waals surface area contributed by atoms with Crippen molar-refractivity contribution in [2.45, 2.75) is 44.8 Å². The first-order valence-corrected chi connectivity index (χ1v) is 8.60. The lowest BCUT2D eigenvalue weighted by Crippen LogP contribution is -2.42. The number of hydrogen-bond donors (Lipinski definition) is 1. The molecule has 0 amide bonds. The van der Waals surface area contributed by atoms with Gasteiger partial charge in [0.2, 0.25) is 0 Å². The Kier molecular flexibility index (Phi) is 4.57. The molecule has 4 heteroatoms. The van der Waals surface area contributed by atoms with Gasteiger partial charge in [-0.1, -0.05) is 15.9 Å². The molecule has 2 aliphatic rings. The maximum atomic E-state index is 5.90. The fourth-order valence-electron chi connectivity index (χ4n) is 3.17. The second kappa shape index (κ2) is 6.27. The van der Waals surface area contributed by atoms with E-state index in [-0.39, 0.29) is 5.41 Å². The lowest BCUT2D eigenvalue weighted by atomic mass is 9.76. The molecule has 1 N–H and O–H groups in total. The van der Waals surface area contributed by atoms with Gasteiger partial charge in [0.25, 0.3) is 0 Å². The van der Waals surface area contributed by atoms with Crippen LogP contribution in [0.4, 0.5) is 0 Å². The second-order valence-corrected chi connectivity index (χ2v) is 7.27. The van der Waals surface area contributed by atoms with Crippen molar-refractivity contribution in [1.29, 1.82) is 0 Å². The van der Waals surface area contributed by atoms with E-state index in [1.165, 1.54) is 18.4 Å². The molecule has 2 fully saturated rings. The highest BCUT2D eigenvalue weighted by atomic mass is 79.9. The lowest BCUT2D eigenvalue weighted by molar-refractivity contribution is 0.0627. The van der Waals surface area contributed by atoms with Gasteiger partial charge in [0, 0.05) is 29.1 Å². The molecule has 1 aromatic rings. The average Bonchev–Trinajstić information content (AvgIpc) is 3.25. The zero-order chi connectivity index (χ0) is 14.9. The summed E-state index contributed by atoms with van der Waals surface area (Å²) in [4.78, 5) is 0. The Morgan fingerprint density at radius 1 is 1.43 bits per heavy atom. The van der Waals surface area contributed by atoms with Crippen molar-refractivity contribution in [3.05, 3.63) is 28.2 Å². The van der Waals surface area contributed by atoms with Gasteiger partial charge in [0.15, 0.2) is 0 Å². The molecule has 116 valence electrons. The smallest absolute Gasteiger partial charge is 0.119 e. The van der Waals surface area contributed by atoms with Crippen LogP contribution in [0.25, 0.3) is 0 Å². The first-order chi connectivity index (χ1) is 10.1. The fraction of sp³-hybridized carbons (Fsp3) is 0.647. The summed E-state index contributed by atoms with van der Waals surface area (Å²) < 4.78 is 12.4. The van der Waals surface area contributed by atoms with E-state index in [9.17, 15) is 0 Å². The van der Waals surface area contributed by atoms with Crippen LogP contribution >= 0.6 is 15.9 Å². The minimum absolute atomic E-state index is 0.192. The number of halogens is 1. The van der Waals surface area contributed by atoms with Crippen LogP contribution in [0.1, 0.15) is 31.7 Å². The summed E-state index contributed by atoms with van der Waals surface area (Å²) in [7, 11) is 1.72. The number of hydrogen-bond acceptors (Lipinski definition) is 3. The van der Waals surface area contributed by atoms with Gasteiger partial charge in [-0.05, 0) is 56.4 Å². The van der Waals surface area contributed by atoms with Crippen molar-refractivity contribution in [3.63, 3.8) is 0 Å². The molecular formula is C17H24BrNO2. The Morgan fingerprint density at radius 3 is 2.86 bits per heavy atom. The maximum Gasteiger partial charge on any atom is 0.119 e.